The molecule has 0 spiro atoms. The summed E-state index contributed by atoms with van der Waals surface area (Å²) in [6.45, 7) is 0. The monoisotopic (exact) mass is 1200 g/mol. The third-order valence-corrected chi connectivity index (χ3v) is 19.0. The highest BCUT2D eigenvalue weighted by Gasteiger charge is 2.22. The molecule has 94 heavy (non-hydrogen) atoms. The van der Waals surface area contributed by atoms with E-state index in [1.54, 1.807) is 0 Å². The van der Waals surface area contributed by atoms with Crippen molar-refractivity contribution in [2.24, 2.45) is 0 Å². The highest BCUT2D eigenvalue weighted by molar-refractivity contribution is 6.14. The molecule has 0 fully saturated rings. The van der Waals surface area contributed by atoms with Crippen LogP contribution in [-0.2, 0) is 0 Å². The molecule has 0 saturated heterocycles. The van der Waals surface area contributed by atoms with E-state index in [0.29, 0.717) is 17.5 Å². The fourth-order valence-corrected chi connectivity index (χ4v) is 14.7. The van der Waals surface area contributed by atoms with Crippen LogP contribution in [0.3, 0.4) is 0 Å². The van der Waals surface area contributed by atoms with Crippen molar-refractivity contribution in [3.05, 3.63) is 334 Å². The van der Waals surface area contributed by atoms with Crippen molar-refractivity contribution in [3.8, 4) is 90.3 Å². The largest absolute Gasteiger partial charge is 0.309 e. The molecule has 0 bridgehead atoms. The van der Waals surface area contributed by atoms with Crippen LogP contribution in [0.2, 0.25) is 0 Å². The summed E-state index contributed by atoms with van der Waals surface area (Å²) in [5, 5.41) is 9.75. The number of hydrogen-bond donors (Lipinski definition) is 0. The highest BCUT2D eigenvalue weighted by Crippen LogP contribution is 2.43. The van der Waals surface area contributed by atoms with Crippen LogP contribution in [0.15, 0.2) is 334 Å². The topological polar surface area (TPSA) is 58.4 Å². The lowest BCUT2D eigenvalue weighted by Gasteiger charge is -2.17. The summed E-state index contributed by atoms with van der Waals surface area (Å²) in [4.78, 5) is 15.8. The SMILES string of the molecule is c1ccc(-c2nc(-c3cccc(-c4ccc(-c5ccc(-n6c7ccccc7c7cc(-c8ccc9c(c8)c8ccccc8n9-c8ccccc8)ccc76)cc5)c(-n5c6ccccc6c6ccccc65)c4)c3)nc(-c3cccc(-n4c5ccccc5c5ccccc54)c3)n2)cc1. The molecular formula is C87H55N7. The van der Waals surface area contributed by atoms with Gasteiger partial charge in [-0.15, -0.1) is 0 Å². The Kier molecular flexibility index (Phi) is 12.1. The number of fused-ring (bicyclic) bond motifs is 12. The molecule has 0 N–H and O–H groups in total. The van der Waals surface area contributed by atoms with Crippen LogP contribution in [-0.4, -0.2) is 33.2 Å². The molecule has 19 rings (SSSR count). The second kappa shape index (κ2) is 21.5. The van der Waals surface area contributed by atoms with Gasteiger partial charge in [0.1, 0.15) is 0 Å². The fraction of sp³-hybridized carbons (Fsp3) is 0. The summed E-state index contributed by atoms with van der Waals surface area (Å²) in [5.74, 6) is 1.80. The van der Waals surface area contributed by atoms with E-state index in [1.807, 2.05) is 18.2 Å². The first-order valence-electron chi connectivity index (χ1n) is 32.0. The van der Waals surface area contributed by atoms with Crippen LogP contribution in [0.5, 0.6) is 0 Å². The van der Waals surface area contributed by atoms with E-state index in [9.17, 15) is 0 Å². The average molecular weight is 1200 g/mol. The summed E-state index contributed by atoms with van der Waals surface area (Å²) in [6, 6.07) is 120. The second-order valence-corrected chi connectivity index (χ2v) is 24.3. The van der Waals surface area contributed by atoms with Gasteiger partial charge in [-0.25, -0.2) is 15.0 Å². The van der Waals surface area contributed by atoms with Crippen LogP contribution in [0.1, 0.15) is 0 Å². The molecule has 7 nitrogen and oxygen atoms in total. The predicted molar refractivity (Wildman–Crippen MR) is 390 cm³/mol. The van der Waals surface area contributed by atoms with Crippen LogP contribution < -0.4 is 0 Å². The van der Waals surface area contributed by atoms with Crippen molar-refractivity contribution in [3.63, 3.8) is 0 Å². The van der Waals surface area contributed by atoms with E-state index in [1.165, 1.54) is 65.3 Å². The third-order valence-electron chi connectivity index (χ3n) is 19.0. The van der Waals surface area contributed by atoms with Gasteiger partial charge in [0.05, 0.1) is 49.8 Å². The van der Waals surface area contributed by atoms with E-state index in [0.717, 1.165) is 94.8 Å². The molecule has 0 aliphatic carbocycles. The summed E-state index contributed by atoms with van der Waals surface area (Å²) in [5.41, 5.74) is 23.1. The fourth-order valence-electron chi connectivity index (χ4n) is 14.7. The number of rotatable bonds is 10. The number of aromatic nitrogens is 7. The van der Waals surface area contributed by atoms with Gasteiger partial charge in [-0.05, 0) is 137 Å². The van der Waals surface area contributed by atoms with Crippen LogP contribution in [0.4, 0.5) is 0 Å². The Hall–Kier alpha value is -12.7. The highest BCUT2D eigenvalue weighted by atomic mass is 15.0. The molecule has 5 aromatic heterocycles. The average Bonchev–Trinajstić information content (AvgIpc) is 1.60. The molecule has 0 saturated carbocycles. The molecule has 0 radical (unpaired) electrons. The van der Waals surface area contributed by atoms with Gasteiger partial charge in [0.2, 0.25) is 0 Å². The zero-order chi connectivity index (χ0) is 61.8. The minimum Gasteiger partial charge on any atom is -0.309 e. The Labute approximate surface area is 541 Å². The number of nitrogens with zero attached hydrogens (tertiary/aromatic N) is 7. The van der Waals surface area contributed by atoms with Crippen molar-refractivity contribution in [2.45, 2.75) is 0 Å². The Balaban J connectivity index is 0.714. The lowest BCUT2D eigenvalue weighted by molar-refractivity contribution is 1.07. The summed E-state index contributed by atoms with van der Waals surface area (Å²) < 4.78 is 9.58. The van der Waals surface area contributed by atoms with Crippen molar-refractivity contribution in [2.75, 3.05) is 0 Å². The van der Waals surface area contributed by atoms with Crippen LogP contribution in [0, 0.1) is 0 Å². The van der Waals surface area contributed by atoms with Gasteiger partial charge < -0.3 is 18.3 Å². The Morgan fingerprint density at radius 1 is 0.170 bits per heavy atom. The van der Waals surface area contributed by atoms with E-state index < -0.39 is 0 Å². The molecule has 19 aromatic rings. The number of hydrogen-bond acceptors (Lipinski definition) is 3. The molecule has 0 aliphatic heterocycles. The zero-order valence-corrected chi connectivity index (χ0v) is 50.9. The molecule has 5 heterocycles. The molecule has 0 aliphatic rings. The minimum atomic E-state index is 0.595. The smallest absolute Gasteiger partial charge is 0.164 e. The second-order valence-electron chi connectivity index (χ2n) is 24.3. The van der Waals surface area contributed by atoms with Gasteiger partial charge in [-0.1, -0.05) is 224 Å². The minimum absolute atomic E-state index is 0.595. The maximum Gasteiger partial charge on any atom is 0.164 e. The number of benzene rings is 14. The van der Waals surface area contributed by atoms with Crippen molar-refractivity contribution in [1.29, 1.82) is 0 Å². The van der Waals surface area contributed by atoms with Gasteiger partial charge in [0.15, 0.2) is 17.5 Å². The molecular weight excluding hydrogens is 1140 g/mol. The van der Waals surface area contributed by atoms with Crippen molar-refractivity contribution in [1.82, 2.24) is 33.2 Å². The standard InChI is InChI=1S/C87H55N7/c1-3-21-57(22-4-1)85-88-86(90-87(89-85)63-25-20-28-66(52-63)93-76-35-13-7-29-68(76)69-30-8-14-36-77(69)93)62-24-19-23-58(51-62)61-43-48-67(84(55-61)94-80-39-17-9-31-70(80)71-32-10-18-40-81(71)94)56-41-46-65(47-42-56)92-79-38-16-12-34-73(79)75-54-60(45-50-83(75)92)59-44-49-82-74(53-59)72-33-11-15-37-78(72)91(82)64-26-5-2-6-27-64/h1-55H. The van der Waals surface area contributed by atoms with Crippen LogP contribution in [0.25, 0.3) is 178 Å². The van der Waals surface area contributed by atoms with Gasteiger partial charge in [0.25, 0.3) is 0 Å². The molecule has 438 valence electrons. The van der Waals surface area contributed by atoms with E-state index in [2.05, 4.69) is 334 Å². The molecule has 0 atom stereocenters. The first-order chi connectivity index (χ1) is 46.6. The lowest BCUT2D eigenvalue weighted by Crippen LogP contribution is -2.01. The van der Waals surface area contributed by atoms with Gasteiger partial charge in [-0.2, -0.15) is 0 Å². The van der Waals surface area contributed by atoms with E-state index in [-0.39, 0.29) is 0 Å². The molecule has 0 unspecified atom stereocenters. The number of para-hydroxylation sites is 7. The Morgan fingerprint density at radius 3 is 1.00 bits per heavy atom. The first-order valence-corrected chi connectivity index (χ1v) is 32.0. The van der Waals surface area contributed by atoms with Gasteiger partial charge in [0, 0.05) is 82.4 Å². The zero-order valence-electron chi connectivity index (χ0n) is 50.9. The summed E-state index contributed by atoms with van der Waals surface area (Å²) in [7, 11) is 0. The normalized spacial score (nSPS) is 11.8. The molecule has 14 aromatic carbocycles. The van der Waals surface area contributed by atoms with E-state index in [4.69, 9.17) is 15.0 Å². The molecule has 0 amide bonds. The first kappa shape index (κ1) is 53.2. The Morgan fingerprint density at radius 2 is 0.489 bits per heavy atom. The predicted octanol–water partition coefficient (Wildman–Crippen LogP) is 22.3. The third kappa shape index (κ3) is 8.56. The summed E-state index contributed by atoms with van der Waals surface area (Å²) in [6.07, 6.45) is 0. The quantitative estimate of drug-likeness (QED) is 0.137. The van der Waals surface area contributed by atoms with E-state index >= 15 is 0 Å². The maximum absolute atomic E-state index is 5.32. The van der Waals surface area contributed by atoms with Crippen LogP contribution >= 0.6 is 0 Å². The maximum atomic E-state index is 5.32. The molecule has 7 heteroatoms. The Bertz CT molecular complexity index is 6120. The van der Waals surface area contributed by atoms with Crippen molar-refractivity contribution < 1.29 is 0 Å². The summed E-state index contributed by atoms with van der Waals surface area (Å²) >= 11 is 0. The van der Waals surface area contributed by atoms with Crippen molar-refractivity contribution >= 4 is 87.2 Å². The van der Waals surface area contributed by atoms with Gasteiger partial charge in [-0.3, -0.25) is 0 Å². The lowest BCUT2D eigenvalue weighted by atomic mass is 9.96. The van der Waals surface area contributed by atoms with Gasteiger partial charge >= 0.3 is 0 Å².